The molecule has 2 aliphatic rings. The highest BCUT2D eigenvalue weighted by Gasteiger charge is 2.30. The topological polar surface area (TPSA) is 88.6 Å². The van der Waals surface area contributed by atoms with Crippen LogP contribution in [0.15, 0.2) is 30.4 Å². The van der Waals surface area contributed by atoms with Crippen molar-refractivity contribution in [2.75, 3.05) is 32.8 Å². The van der Waals surface area contributed by atoms with E-state index < -0.39 is 5.92 Å². The number of rotatable bonds is 15. The van der Waals surface area contributed by atoms with E-state index in [0.29, 0.717) is 38.9 Å². The van der Waals surface area contributed by atoms with Crippen molar-refractivity contribution >= 4 is 39.0 Å². The number of hydrogen-bond acceptors (Lipinski definition) is 7. The Labute approximate surface area is 249 Å². The number of hydrogen-bond donors (Lipinski definition) is 1. The third kappa shape index (κ3) is 9.83. The number of carbonyl (C=O) groups excluding carboxylic acids is 3. The Bertz CT molecular complexity index is 1180. The van der Waals surface area contributed by atoms with E-state index in [1.165, 1.54) is 24.8 Å². The fourth-order valence-electron chi connectivity index (χ4n) is 5.91. The third-order valence-corrected chi connectivity index (χ3v) is 9.59. The van der Waals surface area contributed by atoms with Gasteiger partial charge in [-0.15, -0.1) is 11.3 Å². The average molecular weight is 582 g/mol. The minimum Gasteiger partial charge on any atom is -0.381 e. The van der Waals surface area contributed by atoms with Crippen LogP contribution in [0, 0.1) is 11.8 Å². The van der Waals surface area contributed by atoms with Crippen molar-refractivity contribution in [2.45, 2.75) is 90.5 Å². The van der Waals surface area contributed by atoms with Crippen molar-refractivity contribution < 1.29 is 19.1 Å². The van der Waals surface area contributed by atoms with E-state index in [0.717, 1.165) is 54.1 Å². The van der Waals surface area contributed by atoms with Crippen LogP contribution in [0.2, 0.25) is 0 Å². The summed E-state index contributed by atoms with van der Waals surface area (Å²) in [6.45, 7) is 8.35. The highest BCUT2D eigenvalue weighted by atomic mass is 32.1. The van der Waals surface area contributed by atoms with Crippen LogP contribution in [0.1, 0.15) is 82.2 Å². The van der Waals surface area contributed by atoms with Gasteiger partial charge in [-0.3, -0.25) is 19.3 Å². The van der Waals surface area contributed by atoms with Crippen molar-refractivity contribution in [2.24, 2.45) is 11.8 Å². The summed E-state index contributed by atoms with van der Waals surface area (Å²) in [5.74, 6) is -0.139. The average Bonchev–Trinajstić information content (AvgIpc) is 3.41. The van der Waals surface area contributed by atoms with E-state index in [1.54, 1.807) is 17.4 Å². The number of piperidine rings is 1. The summed E-state index contributed by atoms with van der Waals surface area (Å²) in [5, 5.41) is 4.18. The Hall–Kier alpha value is -2.42. The molecule has 224 valence electrons. The fourth-order valence-corrected chi connectivity index (χ4v) is 7.02. The largest absolute Gasteiger partial charge is 0.381 e. The van der Waals surface area contributed by atoms with Crippen LogP contribution in [-0.4, -0.2) is 66.2 Å². The zero-order valence-electron chi connectivity index (χ0n) is 24.9. The van der Waals surface area contributed by atoms with Crippen LogP contribution < -0.4 is 5.32 Å². The van der Waals surface area contributed by atoms with E-state index in [1.807, 2.05) is 19.1 Å². The van der Waals surface area contributed by atoms with Crippen molar-refractivity contribution in [3.05, 3.63) is 40.9 Å². The standard InChI is InChI=1S/C33H47N3O4S/c1-3-24-10-12-30-31(21-24)41-32(34-30)23-26(22-27(37)4-2)33(39)35-29(25-14-19-40-20-15-25)13-11-28(38)9-8-18-36-16-6-5-7-17-36/h8-10,12,21,25-26,29H,3-7,11,13-20,22-23H2,1-2H3,(H,35,39)/b9-8+/t26-,29+/m0/s1. The van der Waals surface area contributed by atoms with Crippen molar-refractivity contribution in [1.82, 2.24) is 15.2 Å². The van der Waals surface area contributed by atoms with E-state index in [2.05, 4.69) is 29.3 Å². The molecule has 2 saturated heterocycles. The van der Waals surface area contributed by atoms with Gasteiger partial charge in [0.1, 0.15) is 5.78 Å². The van der Waals surface area contributed by atoms with Crippen molar-refractivity contribution in [3.8, 4) is 0 Å². The Morgan fingerprint density at radius 2 is 1.93 bits per heavy atom. The second-order valence-corrected chi connectivity index (χ2v) is 12.7. The maximum atomic E-state index is 13.7. The highest BCUT2D eigenvalue weighted by Crippen LogP contribution is 2.28. The molecule has 0 unspecified atom stereocenters. The van der Waals surface area contributed by atoms with Crippen LogP contribution >= 0.6 is 11.3 Å². The molecule has 0 spiro atoms. The molecule has 2 aromatic rings. The number of thiazole rings is 1. The lowest BCUT2D eigenvalue weighted by Gasteiger charge is -2.32. The van der Waals surface area contributed by atoms with Crippen LogP contribution in [0.3, 0.4) is 0 Å². The number of nitrogens with one attached hydrogen (secondary N) is 1. The molecule has 2 fully saturated rings. The first-order valence-corrected chi connectivity index (χ1v) is 16.5. The molecule has 7 nitrogen and oxygen atoms in total. The summed E-state index contributed by atoms with van der Waals surface area (Å²) in [7, 11) is 0. The predicted octanol–water partition coefficient (Wildman–Crippen LogP) is 5.69. The highest BCUT2D eigenvalue weighted by molar-refractivity contribution is 7.18. The zero-order valence-corrected chi connectivity index (χ0v) is 25.7. The number of aryl methyl sites for hydroxylation is 1. The number of likely N-dealkylation sites (tertiary alicyclic amines) is 1. The number of ketones is 2. The molecule has 1 N–H and O–H groups in total. The van der Waals surface area contributed by atoms with Crippen LogP contribution in [-0.2, 0) is 32.0 Å². The van der Waals surface area contributed by atoms with E-state index in [4.69, 9.17) is 9.72 Å². The molecule has 0 bridgehead atoms. The molecule has 1 amide bonds. The maximum absolute atomic E-state index is 13.7. The molecule has 3 heterocycles. The van der Waals surface area contributed by atoms with Gasteiger partial charge in [0, 0.05) is 51.5 Å². The molecule has 1 aromatic carbocycles. The van der Waals surface area contributed by atoms with Gasteiger partial charge in [0.2, 0.25) is 5.91 Å². The van der Waals surface area contributed by atoms with Gasteiger partial charge < -0.3 is 10.1 Å². The summed E-state index contributed by atoms with van der Waals surface area (Å²) >= 11 is 1.61. The van der Waals surface area contributed by atoms with Gasteiger partial charge in [-0.25, -0.2) is 4.98 Å². The van der Waals surface area contributed by atoms with Crippen molar-refractivity contribution in [1.29, 1.82) is 0 Å². The first-order chi connectivity index (χ1) is 19.9. The molecule has 0 radical (unpaired) electrons. The molecule has 41 heavy (non-hydrogen) atoms. The molecule has 0 saturated carbocycles. The van der Waals surface area contributed by atoms with Gasteiger partial charge in [-0.2, -0.15) is 0 Å². The summed E-state index contributed by atoms with van der Waals surface area (Å²) in [4.78, 5) is 46.2. The Morgan fingerprint density at radius 1 is 1.15 bits per heavy atom. The minimum absolute atomic E-state index is 0.0798. The fraction of sp³-hybridized carbons (Fsp3) is 0.636. The number of nitrogens with zero attached hydrogens (tertiary/aromatic N) is 2. The van der Waals surface area contributed by atoms with Crippen molar-refractivity contribution in [3.63, 3.8) is 0 Å². The van der Waals surface area contributed by atoms with E-state index >= 15 is 0 Å². The lowest BCUT2D eigenvalue weighted by molar-refractivity contribution is -0.130. The van der Waals surface area contributed by atoms with Gasteiger partial charge >= 0.3 is 0 Å². The van der Waals surface area contributed by atoms with Crippen LogP contribution in [0.4, 0.5) is 0 Å². The molecule has 0 aliphatic carbocycles. The maximum Gasteiger partial charge on any atom is 0.224 e. The van der Waals surface area contributed by atoms with E-state index in [-0.39, 0.29) is 35.9 Å². The quantitative estimate of drug-likeness (QED) is 0.272. The lowest BCUT2D eigenvalue weighted by Crippen LogP contribution is -2.45. The number of aromatic nitrogens is 1. The molecular weight excluding hydrogens is 534 g/mol. The molecule has 2 aliphatic heterocycles. The number of amides is 1. The van der Waals surface area contributed by atoms with Gasteiger partial charge in [0.25, 0.3) is 0 Å². The van der Waals surface area contributed by atoms with E-state index in [9.17, 15) is 14.4 Å². The SMILES string of the molecule is CCC(=O)C[C@@H](Cc1nc2ccc(CC)cc2s1)C(=O)N[C@H](CCC(=O)/C=C/CN1CCCCC1)C1CCOCC1. The Morgan fingerprint density at radius 3 is 2.66 bits per heavy atom. The smallest absolute Gasteiger partial charge is 0.224 e. The van der Waals surface area contributed by atoms with Crippen LogP contribution in [0.5, 0.6) is 0 Å². The number of Topliss-reactive ketones (excluding diaryl/α,β-unsaturated/α-hetero) is 1. The van der Waals surface area contributed by atoms with Gasteiger partial charge in [0.05, 0.1) is 21.1 Å². The zero-order chi connectivity index (χ0) is 29.0. The van der Waals surface area contributed by atoms with Gasteiger partial charge in [-0.1, -0.05) is 32.4 Å². The third-order valence-electron chi connectivity index (χ3n) is 8.55. The molecule has 1 aromatic heterocycles. The van der Waals surface area contributed by atoms with Gasteiger partial charge in [0.15, 0.2) is 5.78 Å². The van der Waals surface area contributed by atoms with Gasteiger partial charge in [-0.05, 0) is 81.3 Å². The predicted molar refractivity (Wildman–Crippen MR) is 165 cm³/mol. The number of benzene rings is 1. The Kier molecular flexibility index (Phi) is 12.5. The first-order valence-electron chi connectivity index (χ1n) is 15.6. The molecular formula is C33H47N3O4S. The summed E-state index contributed by atoms with van der Waals surface area (Å²) in [5.41, 5.74) is 2.20. The Balaban J connectivity index is 1.40. The second kappa shape index (κ2) is 16.3. The summed E-state index contributed by atoms with van der Waals surface area (Å²) in [6.07, 6.45) is 12.2. The lowest BCUT2D eigenvalue weighted by atomic mass is 9.87. The minimum atomic E-state index is -0.476. The second-order valence-electron chi connectivity index (χ2n) is 11.6. The molecule has 4 rings (SSSR count). The number of allylic oxidation sites excluding steroid dienone is 1. The normalized spacial score (nSPS) is 18.5. The molecule has 8 heteroatoms. The summed E-state index contributed by atoms with van der Waals surface area (Å²) in [6, 6.07) is 6.19. The number of fused-ring (bicyclic) bond motifs is 1. The number of ether oxygens (including phenoxy) is 1. The molecule has 2 atom stereocenters. The first kappa shape index (κ1) is 31.5. The summed E-state index contributed by atoms with van der Waals surface area (Å²) < 4.78 is 6.70. The monoisotopic (exact) mass is 581 g/mol. The number of carbonyl (C=O) groups is 3. The van der Waals surface area contributed by atoms with Crippen LogP contribution in [0.25, 0.3) is 10.2 Å².